The van der Waals surface area contributed by atoms with Crippen molar-refractivity contribution in [2.75, 3.05) is 224 Å². The Morgan fingerprint density at radius 3 is 0.839 bits per heavy atom. The van der Waals surface area contributed by atoms with E-state index in [1.165, 1.54) is 20.8 Å². The van der Waals surface area contributed by atoms with Gasteiger partial charge in [0.2, 0.25) is 58.7 Å². The number of amides is 9. The van der Waals surface area contributed by atoms with Gasteiger partial charge in [0.05, 0.1) is 92.5 Å². The normalized spacial score (nSPS) is 21.2. The van der Waals surface area contributed by atoms with Crippen molar-refractivity contribution in [2.24, 2.45) is 11.3 Å². The molecule has 50 heteroatoms. The first-order chi connectivity index (χ1) is 71.5. The molecule has 3 saturated heterocycles. The average molecular weight is 2140 g/mol. The lowest BCUT2D eigenvalue weighted by Crippen LogP contribution is -2.64. The summed E-state index contributed by atoms with van der Waals surface area (Å²) in [6.45, 7) is 16.7. The summed E-state index contributed by atoms with van der Waals surface area (Å²) in [5.41, 5.74) is -1.76. The molecule has 3 fully saturated rings. The second-order valence-electron chi connectivity index (χ2n) is 37.4. The monoisotopic (exact) mass is 2140 g/mol. The SMILES string of the molecule is [C-]#[N+]C(C)(CCC(=O)CCCOCCOCC(=O)CCCOCCOCC(=O)CCCOCCOCC(=O)CCCOCCOCC(=O)CC(CCC(=O)NCCOCC(=O)NCCCCCO[C@@H]1O[C@H](CO)[C@H](O)[C@H](O)[C@H]1NC(C)=O)(CCC(=O)NCCOCC(=O)NCCCCCO[C@@H]1O[C@H](CO)[C@H](O)[C@H](O)[C@H]1NC(C)=O)CCC(=O)NCCOCC(=O)NCCCCCO[C@@H]1O[C@H](CO)[C@H](O)[C@H](O)[C@H]1NC(C)=O)C(C)C. The van der Waals surface area contributed by atoms with Crippen molar-refractivity contribution in [3.05, 3.63) is 11.4 Å². The Hall–Kier alpha value is -7.97. The molecular weight excluding hydrogens is 1970 g/mol. The fourth-order valence-electron chi connectivity index (χ4n) is 15.6. The van der Waals surface area contributed by atoms with Crippen LogP contribution >= 0.6 is 0 Å². The van der Waals surface area contributed by atoms with Crippen molar-refractivity contribution < 1.29 is 194 Å². The van der Waals surface area contributed by atoms with E-state index in [2.05, 4.69) is 52.7 Å². The third-order valence-electron chi connectivity index (χ3n) is 24.6. The highest BCUT2D eigenvalue weighted by Crippen LogP contribution is 2.40. The molecule has 3 rings (SSSR count). The van der Waals surface area contributed by atoms with Crippen LogP contribution in [0, 0.1) is 17.9 Å². The van der Waals surface area contributed by atoms with Gasteiger partial charge in [0.25, 0.3) is 0 Å². The zero-order valence-corrected chi connectivity index (χ0v) is 87.8. The highest BCUT2D eigenvalue weighted by Gasteiger charge is 2.49. The topological polar surface area (TPSA) is 691 Å². The van der Waals surface area contributed by atoms with Gasteiger partial charge in [-0.25, -0.2) is 6.57 Å². The van der Waals surface area contributed by atoms with Crippen LogP contribution in [0.25, 0.3) is 4.85 Å². The molecule has 1 unspecified atom stereocenters. The number of rotatable bonds is 93. The van der Waals surface area contributed by atoms with Gasteiger partial charge < -0.3 is 179 Å². The molecule has 858 valence electrons. The lowest BCUT2D eigenvalue weighted by Gasteiger charge is -2.42. The van der Waals surface area contributed by atoms with Crippen LogP contribution in [0.2, 0.25) is 0 Å². The van der Waals surface area contributed by atoms with E-state index < -0.39 is 188 Å². The van der Waals surface area contributed by atoms with Gasteiger partial charge in [0.15, 0.2) is 42.0 Å². The van der Waals surface area contributed by atoms with E-state index >= 15 is 0 Å². The Balaban J connectivity index is 1.52. The summed E-state index contributed by atoms with van der Waals surface area (Å²) in [6, 6.07) is -3.28. The van der Waals surface area contributed by atoms with E-state index in [4.69, 9.17) is 87.1 Å². The predicted octanol–water partition coefficient (Wildman–Crippen LogP) is -2.94. The number of nitrogens with one attached hydrogen (secondary N) is 9. The summed E-state index contributed by atoms with van der Waals surface area (Å²) in [5.74, 6) is -4.83. The van der Waals surface area contributed by atoms with Gasteiger partial charge in [0.1, 0.15) is 125 Å². The van der Waals surface area contributed by atoms with E-state index in [-0.39, 0.29) is 271 Å². The van der Waals surface area contributed by atoms with E-state index in [0.29, 0.717) is 123 Å². The fraction of sp³-hybridized carbons (Fsp3) is 0.848. The maximum atomic E-state index is 14.2. The zero-order chi connectivity index (χ0) is 110. The van der Waals surface area contributed by atoms with Crippen molar-refractivity contribution in [3.63, 3.8) is 0 Å². The molecule has 0 aromatic carbocycles. The van der Waals surface area contributed by atoms with E-state index in [9.17, 15) is 113 Å². The summed E-state index contributed by atoms with van der Waals surface area (Å²) in [7, 11) is 0. The average Bonchev–Trinajstić information content (AvgIpc) is 0.811. The van der Waals surface area contributed by atoms with Crippen LogP contribution < -0.4 is 47.9 Å². The first-order valence-electron chi connectivity index (χ1n) is 52.0. The van der Waals surface area contributed by atoms with E-state index in [1.54, 1.807) is 0 Å². The van der Waals surface area contributed by atoms with Crippen LogP contribution in [0.4, 0.5) is 0 Å². The molecule has 149 heavy (non-hydrogen) atoms. The highest BCUT2D eigenvalue weighted by molar-refractivity contribution is 5.83. The number of hydrogen-bond donors (Lipinski definition) is 18. The van der Waals surface area contributed by atoms with Crippen molar-refractivity contribution in [2.45, 2.75) is 306 Å². The van der Waals surface area contributed by atoms with Crippen LogP contribution in [-0.4, -0.2) is 450 Å². The van der Waals surface area contributed by atoms with Gasteiger partial charge in [-0.2, -0.15) is 0 Å². The fourth-order valence-corrected chi connectivity index (χ4v) is 15.6. The minimum Gasteiger partial charge on any atom is -0.394 e. The maximum absolute atomic E-state index is 14.2. The number of aliphatic hydroxyl groups is 9. The number of Topliss-reactive ketones (excluding diaryl/α,β-unsaturated/α-hetero) is 5. The Kier molecular flexibility index (Phi) is 74.9. The van der Waals surface area contributed by atoms with Crippen LogP contribution in [0.5, 0.6) is 0 Å². The molecule has 0 bridgehead atoms. The molecule has 3 heterocycles. The van der Waals surface area contributed by atoms with Gasteiger partial charge >= 0.3 is 0 Å². The van der Waals surface area contributed by atoms with Crippen molar-refractivity contribution >= 4 is 82.1 Å². The number of ether oxygens (including phenoxy) is 17. The number of ketones is 5. The molecule has 0 aromatic heterocycles. The molecule has 3 aliphatic heterocycles. The van der Waals surface area contributed by atoms with Gasteiger partial charge in [-0.15, -0.1) is 0 Å². The number of hydrogen-bond acceptors (Lipinski definition) is 40. The van der Waals surface area contributed by atoms with Gasteiger partial charge in [-0.3, -0.25) is 67.1 Å². The number of aliphatic hydroxyl groups excluding tert-OH is 9. The number of nitrogens with zero attached hydrogens (tertiary/aromatic N) is 1. The summed E-state index contributed by atoms with van der Waals surface area (Å²) in [5, 5.41) is 115. The Bertz CT molecular complexity index is 3580. The molecule has 9 amide bonds. The summed E-state index contributed by atoms with van der Waals surface area (Å²) >= 11 is 0. The van der Waals surface area contributed by atoms with E-state index in [0.717, 1.165) is 0 Å². The Morgan fingerprint density at radius 2 is 0.564 bits per heavy atom. The van der Waals surface area contributed by atoms with E-state index in [1.807, 2.05) is 20.8 Å². The maximum Gasteiger partial charge on any atom is 0.245 e. The van der Waals surface area contributed by atoms with Gasteiger partial charge in [-0.1, -0.05) is 13.8 Å². The summed E-state index contributed by atoms with van der Waals surface area (Å²) < 4.78 is 95.0. The minimum absolute atomic E-state index is 0.0330. The third-order valence-corrected chi connectivity index (χ3v) is 24.6. The predicted molar refractivity (Wildman–Crippen MR) is 528 cm³/mol. The molecular formula is C99H172N10O40. The van der Waals surface area contributed by atoms with Gasteiger partial charge in [-0.05, 0) is 108 Å². The summed E-state index contributed by atoms with van der Waals surface area (Å²) in [4.78, 5) is 182. The quantitative estimate of drug-likeness (QED) is 0.0214. The molecule has 16 atom stereocenters. The second kappa shape index (κ2) is 82.6. The molecule has 0 radical (unpaired) electrons. The molecule has 18 N–H and O–H groups in total. The van der Waals surface area contributed by atoms with Crippen LogP contribution in [0.3, 0.4) is 0 Å². The Morgan fingerprint density at radius 1 is 0.295 bits per heavy atom. The first kappa shape index (κ1) is 135. The third kappa shape index (κ3) is 62.9. The first-order valence-corrected chi connectivity index (χ1v) is 52.0. The Labute approximate surface area is 872 Å². The van der Waals surface area contributed by atoms with Crippen LogP contribution in [-0.2, 0) is 148 Å². The lowest BCUT2D eigenvalue weighted by atomic mass is 9.71. The standard InChI is InChI=1S/C99H172N10O40/c1-68(2)98(6,100-7)29-25-72(116)21-17-39-133-49-53-140-61-73(117)22-18-40-134-50-54-141-62-74(118)23-19-41-135-51-55-142-63-75(119)24-20-42-136-52-56-143-64-76(120)57-99(30-26-80(121)104-36-46-137-65-83(124)101-33-11-8-14-43-144-95-86(107-69(3)113)92(130)89(127)77(58-110)147-95,31-27-81(122)105-37-47-138-66-84(125)102-34-12-9-15-44-145-96-87(108-70(4)114)93(131)90(128)78(59-111)148-96)32-28-82(123)106-38-48-139-67-85(126)103-35-13-10-16-45-146-97-88(109-71(5)115)94(132)91(129)79(60-112)149-97/h68,77-79,86-97,110-112,127-132H,8-67H2,1-6H3,(H,101,124)(H,102,125)(H,103,126)(H,104,121)(H,105,122)(H,106,123)(H,107,113)(H,108,114)(H,109,115)/t77-,78-,79-,86-,87-,88-,89+,90+,91+,92-,93-,94-,95-,96-,97-,98?/m1/s1. The van der Waals surface area contributed by atoms with Crippen LogP contribution in [0.1, 0.15) is 208 Å². The van der Waals surface area contributed by atoms with Gasteiger partial charge in [0, 0.05) is 183 Å². The van der Waals surface area contributed by atoms with Crippen molar-refractivity contribution in [1.29, 1.82) is 0 Å². The molecule has 0 saturated carbocycles. The largest absolute Gasteiger partial charge is 0.394 e. The summed E-state index contributed by atoms with van der Waals surface area (Å²) in [6.07, 6.45) is -8.12. The lowest BCUT2D eigenvalue weighted by molar-refractivity contribution is -0.270. The molecule has 0 spiro atoms. The molecule has 0 aromatic rings. The minimum atomic E-state index is -1.47. The smallest absolute Gasteiger partial charge is 0.245 e. The second-order valence-corrected chi connectivity index (χ2v) is 37.4. The number of carbonyl (C=O) groups excluding carboxylic acids is 14. The molecule has 0 aliphatic carbocycles. The van der Waals surface area contributed by atoms with Crippen LogP contribution in [0.15, 0.2) is 0 Å². The number of carbonyl (C=O) groups is 14. The molecule has 3 aliphatic rings. The zero-order valence-electron chi connectivity index (χ0n) is 87.8. The highest BCUT2D eigenvalue weighted by atomic mass is 16.7. The van der Waals surface area contributed by atoms with Crippen molar-refractivity contribution in [3.8, 4) is 0 Å². The van der Waals surface area contributed by atoms with Crippen molar-refractivity contribution in [1.82, 2.24) is 47.9 Å². The molecule has 50 nitrogen and oxygen atoms in total. The number of unbranched alkanes of at least 4 members (excludes halogenated alkanes) is 6.